The van der Waals surface area contributed by atoms with E-state index < -0.39 is 30.3 Å². The summed E-state index contributed by atoms with van der Waals surface area (Å²) in [5.41, 5.74) is 1.15. The number of carbonyl (C=O) groups excluding carboxylic acids is 1. The Morgan fingerprint density at radius 2 is 1.81 bits per heavy atom. The standard InChI is InChI=1S/C14H17NO5S/c1-9-2-4-10(5-3-9)21-7-6-12(16)15-11(14(19)20)8-13(17)18/h2-5,11H,6-8H2,1H3,(H,15,16)(H,17,18)(H,19,20)/t11-/m0/s1. The second-order valence-electron chi connectivity index (χ2n) is 4.47. The molecule has 21 heavy (non-hydrogen) atoms. The van der Waals surface area contributed by atoms with E-state index in [9.17, 15) is 14.4 Å². The Morgan fingerprint density at radius 3 is 2.33 bits per heavy atom. The molecule has 7 heteroatoms. The summed E-state index contributed by atoms with van der Waals surface area (Å²) >= 11 is 1.48. The number of rotatable bonds is 8. The number of benzene rings is 1. The van der Waals surface area contributed by atoms with Gasteiger partial charge >= 0.3 is 11.9 Å². The minimum Gasteiger partial charge on any atom is -0.481 e. The summed E-state index contributed by atoms with van der Waals surface area (Å²) in [6.45, 7) is 1.98. The molecule has 1 aromatic rings. The van der Waals surface area contributed by atoms with Crippen LogP contribution in [0, 0.1) is 6.92 Å². The first kappa shape index (κ1) is 17.0. The van der Waals surface area contributed by atoms with Crippen molar-refractivity contribution in [1.29, 1.82) is 0 Å². The fourth-order valence-electron chi connectivity index (χ4n) is 1.54. The zero-order chi connectivity index (χ0) is 15.8. The van der Waals surface area contributed by atoms with E-state index in [2.05, 4.69) is 5.32 Å². The quantitative estimate of drug-likeness (QED) is 0.629. The summed E-state index contributed by atoms with van der Waals surface area (Å²) in [4.78, 5) is 33.9. The number of carboxylic acids is 2. The first-order chi connectivity index (χ1) is 9.88. The van der Waals surface area contributed by atoms with E-state index in [1.807, 2.05) is 31.2 Å². The van der Waals surface area contributed by atoms with Crippen LogP contribution >= 0.6 is 11.8 Å². The second kappa shape index (κ2) is 8.31. The molecule has 0 radical (unpaired) electrons. The molecule has 1 atom stereocenters. The van der Waals surface area contributed by atoms with E-state index >= 15 is 0 Å². The summed E-state index contributed by atoms with van der Waals surface area (Å²) in [6.07, 6.45) is -0.506. The van der Waals surface area contributed by atoms with Crippen LogP contribution in [0.25, 0.3) is 0 Å². The maximum Gasteiger partial charge on any atom is 0.326 e. The normalized spacial score (nSPS) is 11.7. The molecule has 0 bridgehead atoms. The van der Waals surface area contributed by atoms with E-state index in [1.165, 1.54) is 11.8 Å². The molecule has 6 nitrogen and oxygen atoms in total. The fraction of sp³-hybridized carbons (Fsp3) is 0.357. The molecule has 0 aromatic heterocycles. The van der Waals surface area contributed by atoms with Gasteiger partial charge in [-0.1, -0.05) is 17.7 Å². The molecule has 1 rings (SSSR count). The highest BCUT2D eigenvalue weighted by molar-refractivity contribution is 7.99. The Hall–Kier alpha value is -2.02. The SMILES string of the molecule is Cc1ccc(SCCC(=O)N[C@@H](CC(=O)O)C(=O)O)cc1. The van der Waals surface area contributed by atoms with E-state index in [-0.39, 0.29) is 6.42 Å². The van der Waals surface area contributed by atoms with Gasteiger partial charge in [0.1, 0.15) is 6.04 Å². The number of carbonyl (C=O) groups is 3. The van der Waals surface area contributed by atoms with Crippen LogP contribution in [-0.2, 0) is 14.4 Å². The lowest BCUT2D eigenvalue weighted by atomic mass is 10.2. The molecule has 0 saturated carbocycles. The van der Waals surface area contributed by atoms with Crippen LogP contribution in [0.5, 0.6) is 0 Å². The summed E-state index contributed by atoms with van der Waals surface area (Å²) in [7, 11) is 0. The first-order valence-electron chi connectivity index (χ1n) is 6.32. The molecular formula is C14H17NO5S. The van der Waals surface area contributed by atoms with Crippen molar-refractivity contribution in [3.8, 4) is 0 Å². The van der Waals surface area contributed by atoms with Crippen LogP contribution in [0.4, 0.5) is 0 Å². The third kappa shape index (κ3) is 6.80. The molecule has 0 aliphatic heterocycles. The van der Waals surface area contributed by atoms with E-state index in [0.29, 0.717) is 5.75 Å². The highest BCUT2D eigenvalue weighted by Crippen LogP contribution is 2.18. The minimum absolute atomic E-state index is 0.127. The van der Waals surface area contributed by atoms with Crippen molar-refractivity contribution < 1.29 is 24.6 Å². The lowest BCUT2D eigenvalue weighted by molar-refractivity contribution is -0.147. The highest BCUT2D eigenvalue weighted by atomic mass is 32.2. The molecule has 0 saturated heterocycles. The summed E-state index contributed by atoms with van der Waals surface area (Å²) < 4.78 is 0. The van der Waals surface area contributed by atoms with Gasteiger partial charge in [-0.05, 0) is 19.1 Å². The fourth-order valence-corrected chi connectivity index (χ4v) is 2.39. The lowest BCUT2D eigenvalue weighted by Crippen LogP contribution is -2.42. The number of amides is 1. The van der Waals surface area contributed by atoms with Crippen LogP contribution < -0.4 is 5.32 Å². The van der Waals surface area contributed by atoms with Crippen LogP contribution in [0.1, 0.15) is 18.4 Å². The summed E-state index contributed by atoms with van der Waals surface area (Å²) in [5.74, 6) is -2.59. The molecule has 0 fully saturated rings. The number of carboxylic acid groups (broad SMARTS) is 2. The molecule has 0 heterocycles. The largest absolute Gasteiger partial charge is 0.481 e. The molecule has 0 unspecified atom stereocenters. The Balaban J connectivity index is 2.37. The van der Waals surface area contributed by atoms with Gasteiger partial charge < -0.3 is 15.5 Å². The van der Waals surface area contributed by atoms with E-state index in [4.69, 9.17) is 10.2 Å². The molecule has 0 aliphatic carbocycles. The Kier molecular flexibility index (Phi) is 6.74. The van der Waals surface area contributed by atoms with Gasteiger partial charge in [0.15, 0.2) is 0 Å². The number of hydrogen-bond donors (Lipinski definition) is 3. The third-order valence-electron chi connectivity index (χ3n) is 2.63. The molecule has 0 aliphatic rings. The van der Waals surface area contributed by atoms with Crippen molar-refractivity contribution in [2.24, 2.45) is 0 Å². The molecule has 3 N–H and O–H groups in total. The number of nitrogens with one attached hydrogen (secondary N) is 1. The van der Waals surface area contributed by atoms with Crippen molar-refractivity contribution in [2.45, 2.75) is 30.7 Å². The Morgan fingerprint density at radius 1 is 1.19 bits per heavy atom. The van der Waals surface area contributed by atoms with Gasteiger partial charge in [-0.2, -0.15) is 0 Å². The molecule has 0 spiro atoms. The lowest BCUT2D eigenvalue weighted by Gasteiger charge is -2.12. The van der Waals surface area contributed by atoms with E-state index in [1.54, 1.807) is 0 Å². The van der Waals surface area contributed by atoms with Crippen LogP contribution in [-0.4, -0.2) is 39.9 Å². The van der Waals surface area contributed by atoms with Gasteiger partial charge in [0.25, 0.3) is 0 Å². The number of aryl methyl sites for hydroxylation is 1. The van der Waals surface area contributed by atoms with Gasteiger partial charge in [0.2, 0.25) is 5.91 Å². The van der Waals surface area contributed by atoms with Crippen LogP contribution in [0.15, 0.2) is 29.2 Å². The predicted molar refractivity (Wildman–Crippen MR) is 78.3 cm³/mol. The monoisotopic (exact) mass is 311 g/mol. The van der Waals surface area contributed by atoms with Gasteiger partial charge in [-0.3, -0.25) is 9.59 Å². The van der Waals surface area contributed by atoms with Crippen molar-refractivity contribution >= 4 is 29.6 Å². The Bertz CT molecular complexity index is 515. The summed E-state index contributed by atoms with van der Waals surface area (Å²) in [5, 5.41) is 19.6. The first-order valence-corrected chi connectivity index (χ1v) is 7.30. The van der Waals surface area contributed by atoms with Crippen LogP contribution in [0.2, 0.25) is 0 Å². The maximum atomic E-state index is 11.6. The highest BCUT2D eigenvalue weighted by Gasteiger charge is 2.22. The van der Waals surface area contributed by atoms with Crippen molar-refractivity contribution in [2.75, 3.05) is 5.75 Å². The Labute approximate surface area is 126 Å². The van der Waals surface area contributed by atoms with Gasteiger partial charge in [0.05, 0.1) is 6.42 Å². The van der Waals surface area contributed by atoms with Gasteiger partial charge in [0, 0.05) is 17.1 Å². The zero-order valence-electron chi connectivity index (χ0n) is 11.5. The number of hydrogen-bond acceptors (Lipinski definition) is 4. The average Bonchev–Trinajstić information content (AvgIpc) is 2.39. The molecule has 1 amide bonds. The number of thioether (sulfide) groups is 1. The van der Waals surface area contributed by atoms with Crippen molar-refractivity contribution in [3.05, 3.63) is 29.8 Å². The van der Waals surface area contributed by atoms with E-state index in [0.717, 1.165) is 10.5 Å². The van der Waals surface area contributed by atoms with Crippen molar-refractivity contribution in [1.82, 2.24) is 5.32 Å². The van der Waals surface area contributed by atoms with Gasteiger partial charge in [-0.25, -0.2) is 4.79 Å². The third-order valence-corrected chi connectivity index (χ3v) is 3.64. The van der Waals surface area contributed by atoms with Crippen LogP contribution in [0.3, 0.4) is 0 Å². The maximum absolute atomic E-state index is 11.6. The smallest absolute Gasteiger partial charge is 0.326 e. The topological polar surface area (TPSA) is 104 Å². The molecule has 114 valence electrons. The minimum atomic E-state index is -1.39. The predicted octanol–water partition coefficient (Wildman–Crippen LogP) is 1.52. The second-order valence-corrected chi connectivity index (χ2v) is 5.64. The van der Waals surface area contributed by atoms with Gasteiger partial charge in [-0.15, -0.1) is 11.8 Å². The average molecular weight is 311 g/mol. The number of aliphatic carboxylic acids is 2. The molecular weight excluding hydrogens is 294 g/mol. The zero-order valence-corrected chi connectivity index (χ0v) is 12.4. The van der Waals surface area contributed by atoms with Crippen molar-refractivity contribution in [3.63, 3.8) is 0 Å². The summed E-state index contributed by atoms with van der Waals surface area (Å²) in [6, 6.07) is 6.44. The molecule has 1 aromatic carbocycles.